The third-order valence-corrected chi connectivity index (χ3v) is 10.6. The third-order valence-electron chi connectivity index (χ3n) is 8.19. The monoisotopic (exact) mass is 649 g/mol. The Morgan fingerprint density at radius 3 is 2.40 bits per heavy atom. The highest BCUT2D eigenvalue weighted by Crippen LogP contribution is 2.31. The van der Waals surface area contributed by atoms with Crippen LogP contribution in [0.25, 0.3) is 22.3 Å². The van der Waals surface area contributed by atoms with Gasteiger partial charge in [0.05, 0.1) is 29.1 Å². The molecule has 15 heteroatoms. The van der Waals surface area contributed by atoms with Gasteiger partial charge in [-0.1, -0.05) is 0 Å². The molecule has 4 heterocycles. The van der Waals surface area contributed by atoms with E-state index >= 15 is 4.39 Å². The van der Waals surface area contributed by atoms with Crippen LogP contribution in [0.15, 0.2) is 18.3 Å². The number of imidazole rings is 1. The van der Waals surface area contributed by atoms with Gasteiger partial charge in [0.2, 0.25) is 16.0 Å². The van der Waals surface area contributed by atoms with E-state index in [0.29, 0.717) is 11.3 Å². The molecule has 0 unspecified atom stereocenters. The van der Waals surface area contributed by atoms with Crippen molar-refractivity contribution in [2.45, 2.75) is 89.8 Å². The molecule has 5 rings (SSSR count). The summed E-state index contributed by atoms with van der Waals surface area (Å²) in [5.41, 5.74) is 0.165. The Kier molecular flexibility index (Phi) is 9.08. The molecule has 45 heavy (non-hydrogen) atoms. The number of ether oxygens (including phenoxy) is 1. The second-order valence-electron chi connectivity index (χ2n) is 13.0. The maximum Gasteiger partial charge on any atom is 0.410 e. The quantitative estimate of drug-likeness (QED) is 0.401. The SMILES string of the molecule is Cc1nc2c(F)cc(-c3nc(N[C@@H]4CCN(S(=O)(=O)C5CCN(C(=O)OC(C)(C)C)CC5)C[C@H]4O)ncc3F)cc2n1C(C)C. The molecule has 12 nitrogen and oxygen atoms in total. The van der Waals surface area contributed by atoms with E-state index in [-0.39, 0.29) is 74.2 Å². The van der Waals surface area contributed by atoms with Gasteiger partial charge in [0.1, 0.15) is 22.6 Å². The highest BCUT2D eigenvalue weighted by Gasteiger charge is 2.40. The van der Waals surface area contributed by atoms with Crippen molar-refractivity contribution in [1.82, 2.24) is 28.7 Å². The van der Waals surface area contributed by atoms with E-state index in [2.05, 4.69) is 20.3 Å². The maximum atomic E-state index is 15.1. The number of anilines is 1. The van der Waals surface area contributed by atoms with Crippen molar-refractivity contribution >= 4 is 33.1 Å². The van der Waals surface area contributed by atoms with Gasteiger partial charge in [-0.15, -0.1) is 0 Å². The van der Waals surface area contributed by atoms with Gasteiger partial charge in [-0.2, -0.15) is 4.31 Å². The van der Waals surface area contributed by atoms with Crippen LogP contribution in [0.2, 0.25) is 0 Å². The smallest absolute Gasteiger partial charge is 0.410 e. The largest absolute Gasteiger partial charge is 0.444 e. The Morgan fingerprint density at radius 1 is 1.09 bits per heavy atom. The summed E-state index contributed by atoms with van der Waals surface area (Å²) >= 11 is 0. The second-order valence-corrected chi connectivity index (χ2v) is 15.2. The third kappa shape index (κ3) is 6.89. The number of nitrogens with zero attached hydrogens (tertiary/aromatic N) is 6. The number of halogens is 2. The zero-order chi connectivity index (χ0) is 32.8. The number of aliphatic hydroxyl groups is 1. The molecule has 0 saturated carbocycles. The zero-order valence-corrected chi connectivity index (χ0v) is 27.2. The molecular weight excluding hydrogens is 608 g/mol. The van der Waals surface area contributed by atoms with E-state index in [1.54, 1.807) is 33.8 Å². The lowest BCUT2D eigenvalue weighted by atomic mass is 10.0. The number of rotatable bonds is 6. The summed E-state index contributed by atoms with van der Waals surface area (Å²) < 4.78 is 65.5. The highest BCUT2D eigenvalue weighted by molar-refractivity contribution is 7.89. The molecule has 246 valence electrons. The molecule has 0 bridgehead atoms. The van der Waals surface area contributed by atoms with Crippen molar-refractivity contribution in [2.24, 2.45) is 0 Å². The molecule has 0 aliphatic carbocycles. The normalized spacial score (nSPS) is 20.6. The second kappa shape index (κ2) is 12.4. The Bertz CT molecular complexity index is 1680. The first-order chi connectivity index (χ1) is 21.0. The Labute approximate surface area is 261 Å². The number of hydrogen-bond donors (Lipinski definition) is 2. The van der Waals surface area contributed by atoms with Crippen LogP contribution in [0.1, 0.15) is 65.7 Å². The fourth-order valence-electron chi connectivity index (χ4n) is 6.04. The van der Waals surface area contributed by atoms with Gasteiger partial charge in [-0.3, -0.25) is 0 Å². The molecular formula is C30H41F2N7O5S. The van der Waals surface area contributed by atoms with Gasteiger partial charge in [-0.25, -0.2) is 36.9 Å². The number of aryl methyl sites for hydroxylation is 1. The molecule has 1 aromatic carbocycles. The predicted molar refractivity (Wildman–Crippen MR) is 165 cm³/mol. The fraction of sp³-hybridized carbons (Fsp3) is 0.600. The summed E-state index contributed by atoms with van der Waals surface area (Å²) in [4.78, 5) is 26.5. The van der Waals surface area contributed by atoms with E-state index < -0.39 is 50.7 Å². The number of nitrogens with one attached hydrogen (secondary N) is 1. The van der Waals surface area contributed by atoms with Gasteiger partial charge < -0.3 is 24.6 Å². The van der Waals surface area contributed by atoms with E-state index in [9.17, 15) is 22.7 Å². The number of sulfonamides is 1. The topological polar surface area (TPSA) is 143 Å². The van der Waals surface area contributed by atoms with Crippen LogP contribution in [0.4, 0.5) is 19.5 Å². The van der Waals surface area contributed by atoms with Gasteiger partial charge in [-0.05, 0) is 72.9 Å². The summed E-state index contributed by atoms with van der Waals surface area (Å²) in [5.74, 6) is -0.687. The molecule has 2 aliphatic heterocycles. The van der Waals surface area contributed by atoms with E-state index in [1.165, 1.54) is 15.3 Å². The van der Waals surface area contributed by atoms with Gasteiger partial charge in [0, 0.05) is 37.8 Å². The summed E-state index contributed by atoms with van der Waals surface area (Å²) in [7, 11) is -3.73. The molecule has 2 aliphatic rings. The lowest BCUT2D eigenvalue weighted by Crippen LogP contribution is -2.55. The molecule has 2 saturated heterocycles. The van der Waals surface area contributed by atoms with Crippen LogP contribution in [-0.4, -0.2) is 97.5 Å². The lowest BCUT2D eigenvalue weighted by Gasteiger charge is -2.39. The van der Waals surface area contributed by atoms with E-state index in [0.717, 1.165) is 6.20 Å². The number of likely N-dealkylation sites (tertiary alicyclic amines) is 1. The van der Waals surface area contributed by atoms with Crippen LogP contribution < -0.4 is 5.32 Å². The number of benzene rings is 1. The highest BCUT2D eigenvalue weighted by atomic mass is 32.2. The van der Waals surface area contributed by atoms with Crippen LogP contribution >= 0.6 is 0 Å². The number of fused-ring (bicyclic) bond motifs is 1. The molecule has 1 amide bonds. The van der Waals surface area contributed by atoms with E-state index in [4.69, 9.17) is 4.74 Å². The number of β-amino-alcohol motifs (C(OH)–C–C–N with tert-alkyl or cyclic N) is 1. The van der Waals surface area contributed by atoms with Crippen molar-refractivity contribution in [3.05, 3.63) is 35.8 Å². The van der Waals surface area contributed by atoms with Crippen molar-refractivity contribution in [2.75, 3.05) is 31.5 Å². The Morgan fingerprint density at radius 2 is 1.78 bits per heavy atom. The molecule has 2 N–H and O–H groups in total. The van der Waals surface area contributed by atoms with Crippen molar-refractivity contribution in [3.8, 4) is 11.3 Å². The lowest BCUT2D eigenvalue weighted by molar-refractivity contribution is 0.0216. The van der Waals surface area contributed by atoms with Crippen LogP contribution in [0, 0.1) is 18.6 Å². The van der Waals surface area contributed by atoms with Gasteiger partial charge in [0.15, 0.2) is 11.6 Å². The van der Waals surface area contributed by atoms with Crippen LogP contribution in [-0.2, 0) is 14.8 Å². The van der Waals surface area contributed by atoms with Crippen LogP contribution in [0.5, 0.6) is 0 Å². The number of hydrogen-bond acceptors (Lipinski definition) is 9. The summed E-state index contributed by atoms with van der Waals surface area (Å²) in [6.45, 7) is 11.5. The first-order valence-corrected chi connectivity index (χ1v) is 16.7. The molecule has 2 atom stereocenters. The fourth-order valence-corrected chi connectivity index (χ4v) is 7.99. The number of amides is 1. The van der Waals surface area contributed by atoms with Crippen LogP contribution in [0.3, 0.4) is 0 Å². The number of aromatic nitrogens is 4. The van der Waals surface area contributed by atoms with Crippen molar-refractivity contribution < 1.29 is 31.8 Å². The number of carbonyl (C=O) groups is 1. The average Bonchev–Trinajstić information content (AvgIpc) is 3.30. The van der Waals surface area contributed by atoms with Gasteiger partial charge >= 0.3 is 6.09 Å². The number of aliphatic hydroxyl groups excluding tert-OH is 1. The van der Waals surface area contributed by atoms with E-state index in [1.807, 2.05) is 18.4 Å². The maximum absolute atomic E-state index is 15.1. The molecule has 3 aromatic rings. The van der Waals surface area contributed by atoms with Crippen molar-refractivity contribution in [3.63, 3.8) is 0 Å². The standard InChI is InChI=1S/C30H41F2N7O5S/c1-17(2)39-18(3)34-27-21(31)13-19(14-24(27)39)26-22(32)15-33-28(36-26)35-23-9-12-38(16-25(23)40)45(42,43)20-7-10-37(11-8-20)29(41)44-30(4,5)6/h13-15,17,20,23,25,40H,7-12,16H2,1-6H3,(H,33,35,36)/t23-,25-/m1/s1. The minimum Gasteiger partial charge on any atom is -0.444 e. The summed E-state index contributed by atoms with van der Waals surface area (Å²) in [6.07, 6.45) is 0.214. The Hall–Kier alpha value is -3.43. The zero-order valence-electron chi connectivity index (χ0n) is 26.4. The molecule has 2 fully saturated rings. The number of carbonyl (C=O) groups excluding carboxylic acids is 1. The first kappa shape index (κ1) is 32.9. The molecule has 0 radical (unpaired) electrons. The number of piperidine rings is 2. The summed E-state index contributed by atoms with van der Waals surface area (Å²) in [6, 6.07) is 2.22. The minimum atomic E-state index is -3.73. The molecule has 2 aromatic heterocycles. The minimum absolute atomic E-state index is 0.00154. The van der Waals surface area contributed by atoms with Crippen molar-refractivity contribution in [1.29, 1.82) is 0 Å². The van der Waals surface area contributed by atoms with Gasteiger partial charge in [0.25, 0.3) is 0 Å². The average molecular weight is 650 g/mol. The molecule has 0 spiro atoms. The first-order valence-electron chi connectivity index (χ1n) is 15.2. The summed E-state index contributed by atoms with van der Waals surface area (Å²) in [5, 5.41) is 13.3. The predicted octanol–water partition coefficient (Wildman–Crippen LogP) is 4.24. The Balaban J connectivity index is 1.25.